The molecule has 0 bridgehead atoms. The van der Waals surface area contributed by atoms with Crippen LogP contribution >= 0.6 is 11.6 Å². The molecule has 0 heterocycles. The molecular formula is C16H23ClN2O2. The SMILES string of the molecule is CCCCN(CCC)C(=O)C(=O)Nc1cccc(Cl)c1C. The summed E-state index contributed by atoms with van der Waals surface area (Å²) in [7, 11) is 0. The second-order valence-corrected chi connectivity index (χ2v) is 5.42. The van der Waals surface area contributed by atoms with Crippen molar-refractivity contribution in [1.82, 2.24) is 4.90 Å². The van der Waals surface area contributed by atoms with Gasteiger partial charge in [0.1, 0.15) is 0 Å². The highest BCUT2D eigenvalue weighted by molar-refractivity contribution is 6.40. The fraction of sp³-hybridized carbons (Fsp3) is 0.500. The number of carbonyl (C=O) groups excluding carboxylic acids is 2. The summed E-state index contributed by atoms with van der Waals surface area (Å²) >= 11 is 6.01. The summed E-state index contributed by atoms with van der Waals surface area (Å²) in [5.74, 6) is -1.09. The Morgan fingerprint density at radius 1 is 1.19 bits per heavy atom. The maximum Gasteiger partial charge on any atom is 0.313 e. The molecule has 0 aliphatic heterocycles. The lowest BCUT2D eigenvalue weighted by Gasteiger charge is -2.21. The minimum atomic E-state index is -0.607. The number of amides is 2. The van der Waals surface area contributed by atoms with Crippen LogP contribution in [0.2, 0.25) is 5.02 Å². The standard InChI is InChI=1S/C16H23ClN2O2/c1-4-6-11-19(10-5-2)16(21)15(20)18-14-9-7-8-13(17)12(14)3/h7-9H,4-6,10-11H2,1-3H3,(H,18,20). The zero-order valence-electron chi connectivity index (χ0n) is 12.9. The predicted molar refractivity (Wildman–Crippen MR) is 86.6 cm³/mol. The van der Waals surface area contributed by atoms with E-state index in [4.69, 9.17) is 11.6 Å². The van der Waals surface area contributed by atoms with Crippen LogP contribution in [0.25, 0.3) is 0 Å². The van der Waals surface area contributed by atoms with E-state index >= 15 is 0 Å². The number of hydrogen-bond donors (Lipinski definition) is 1. The predicted octanol–water partition coefficient (Wildman–Crippen LogP) is 3.63. The van der Waals surface area contributed by atoms with E-state index in [-0.39, 0.29) is 0 Å². The Morgan fingerprint density at radius 2 is 1.90 bits per heavy atom. The molecule has 0 spiro atoms. The highest BCUT2D eigenvalue weighted by Crippen LogP contribution is 2.22. The van der Waals surface area contributed by atoms with Gasteiger partial charge >= 0.3 is 11.8 Å². The zero-order valence-corrected chi connectivity index (χ0v) is 13.7. The van der Waals surface area contributed by atoms with Crippen molar-refractivity contribution in [3.63, 3.8) is 0 Å². The van der Waals surface area contributed by atoms with Crippen molar-refractivity contribution in [2.24, 2.45) is 0 Å². The molecule has 1 aromatic rings. The molecule has 0 saturated carbocycles. The number of benzene rings is 1. The normalized spacial score (nSPS) is 10.3. The number of halogens is 1. The number of anilines is 1. The van der Waals surface area contributed by atoms with Crippen LogP contribution in [0.3, 0.4) is 0 Å². The molecule has 0 radical (unpaired) electrons. The Balaban J connectivity index is 2.76. The van der Waals surface area contributed by atoms with E-state index in [2.05, 4.69) is 12.2 Å². The number of nitrogens with zero attached hydrogens (tertiary/aromatic N) is 1. The Labute approximate surface area is 131 Å². The summed E-state index contributed by atoms with van der Waals surface area (Å²) in [5.41, 5.74) is 1.34. The second kappa shape index (κ2) is 8.67. The third-order valence-corrected chi connectivity index (χ3v) is 3.68. The third-order valence-electron chi connectivity index (χ3n) is 3.27. The molecule has 0 atom stereocenters. The van der Waals surface area contributed by atoms with E-state index < -0.39 is 11.8 Å². The molecule has 5 heteroatoms. The summed E-state index contributed by atoms with van der Waals surface area (Å²) in [5, 5.41) is 3.22. The number of rotatable bonds is 6. The summed E-state index contributed by atoms with van der Waals surface area (Å²) in [6.45, 7) is 7.07. The molecule has 21 heavy (non-hydrogen) atoms. The maximum absolute atomic E-state index is 12.2. The quantitative estimate of drug-likeness (QED) is 0.816. The minimum Gasteiger partial charge on any atom is -0.334 e. The lowest BCUT2D eigenvalue weighted by atomic mass is 10.2. The van der Waals surface area contributed by atoms with E-state index in [0.29, 0.717) is 23.8 Å². The topological polar surface area (TPSA) is 49.4 Å². The van der Waals surface area contributed by atoms with Gasteiger partial charge in [0.2, 0.25) is 0 Å². The van der Waals surface area contributed by atoms with Crippen LogP contribution in [0.1, 0.15) is 38.7 Å². The molecular weight excluding hydrogens is 288 g/mol. The fourth-order valence-corrected chi connectivity index (χ4v) is 2.17. The monoisotopic (exact) mass is 310 g/mol. The molecule has 2 amide bonds. The summed E-state index contributed by atoms with van der Waals surface area (Å²) in [6, 6.07) is 5.23. The van der Waals surface area contributed by atoms with Crippen LogP contribution in [-0.4, -0.2) is 29.8 Å². The second-order valence-electron chi connectivity index (χ2n) is 5.01. The van der Waals surface area contributed by atoms with Gasteiger partial charge in [-0.1, -0.05) is 37.9 Å². The van der Waals surface area contributed by atoms with Gasteiger partial charge in [-0.25, -0.2) is 0 Å². The van der Waals surface area contributed by atoms with Crippen LogP contribution < -0.4 is 5.32 Å². The van der Waals surface area contributed by atoms with Gasteiger partial charge in [-0.15, -0.1) is 0 Å². The number of nitrogens with one attached hydrogen (secondary N) is 1. The Bertz CT molecular complexity index is 503. The smallest absolute Gasteiger partial charge is 0.313 e. The molecule has 0 unspecified atom stereocenters. The van der Waals surface area contributed by atoms with Crippen molar-refractivity contribution in [3.8, 4) is 0 Å². The average molecular weight is 311 g/mol. The third kappa shape index (κ3) is 5.05. The van der Waals surface area contributed by atoms with E-state index in [0.717, 1.165) is 24.8 Å². The van der Waals surface area contributed by atoms with Crippen molar-refractivity contribution < 1.29 is 9.59 Å². The zero-order chi connectivity index (χ0) is 15.8. The summed E-state index contributed by atoms with van der Waals surface area (Å²) in [6.07, 6.45) is 2.72. The van der Waals surface area contributed by atoms with Crippen molar-refractivity contribution in [1.29, 1.82) is 0 Å². The summed E-state index contributed by atoms with van der Waals surface area (Å²) in [4.78, 5) is 25.9. The van der Waals surface area contributed by atoms with E-state index in [1.54, 1.807) is 23.1 Å². The summed E-state index contributed by atoms with van der Waals surface area (Å²) < 4.78 is 0. The van der Waals surface area contributed by atoms with Crippen molar-refractivity contribution >= 4 is 29.1 Å². The largest absolute Gasteiger partial charge is 0.334 e. The number of unbranched alkanes of at least 4 members (excludes halogenated alkanes) is 1. The van der Waals surface area contributed by atoms with Crippen LogP contribution in [-0.2, 0) is 9.59 Å². The van der Waals surface area contributed by atoms with Crippen LogP contribution in [0.5, 0.6) is 0 Å². The molecule has 0 aromatic heterocycles. The molecule has 4 nitrogen and oxygen atoms in total. The van der Waals surface area contributed by atoms with Crippen LogP contribution in [0.4, 0.5) is 5.69 Å². The number of carbonyl (C=O) groups is 2. The van der Waals surface area contributed by atoms with Crippen molar-refractivity contribution in [2.75, 3.05) is 18.4 Å². The van der Waals surface area contributed by atoms with Crippen LogP contribution in [0, 0.1) is 6.92 Å². The minimum absolute atomic E-state index is 0.482. The van der Waals surface area contributed by atoms with E-state index in [9.17, 15) is 9.59 Å². The molecule has 1 rings (SSSR count). The van der Waals surface area contributed by atoms with Gasteiger partial charge in [0.05, 0.1) is 0 Å². The Kier molecular flexibility index (Phi) is 7.23. The van der Waals surface area contributed by atoms with Crippen LogP contribution in [0.15, 0.2) is 18.2 Å². The van der Waals surface area contributed by atoms with Gasteiger partial charge in [0.25, 0.3) is 0 Å². The Hall–Kier alpha value is -1.55. The first-order valence-corrected chi connectivity index (χ1v) is 7.74. The lowest BCUT2D eigenvalue weighted by Crippen LogP contribution is -2.40. The highest BCUT2D eigenvalue weighted by Gasteiger charge is 2.21. The first-order chi connectivity index (χ1) is 10.0. The van der Waals surface area contributed by atoms with E-state index in [1.165, 1.54) is 0 Å². The first kappa shape index (κ1) is 17.5. The fourth-order valence-electron chi connectivity index (χ4n) is 2.00. The molecule has 0 saturated heterocycles. The van der Waals surface area contributed by atoms with E-state index in [1.807, 2.05) is 13.8 Å². The molecule has 1 aromatic carbocycles. The average Bonchev–Trinajstić information content (AvgIpc) is 2.47. The lowest BCUT2D eigenvalue weighted by molar-refractivity contribution is -0.143. The van der Waals surface area contributed by atoms with Gasteiger partial charge in [0.15, 0.2) is 0 Å². The molecule has 0 aliphatic carbocycles. The molecule has 0 fully saturated rings. The molecule has 1 N–H and O–H groups in total. The maximum atomic E-state index is 12.2. The van der Waals surface area contributed by atoms with Gasteiger partial charge in [-0.2, -0.15) is 0 Å². The number of hydrogen-bond acceptors (Lipinski definition) is 2. The van der Waals surface area contributed by atoms with Crippen molar-refractivity contribution in [2.45, 2.75) is 40.0 Å². The van der Waals surface area contributed by atoms with Gasteiger partial charge in [-0.3, -0.25) is 9.59 Å². The molecule has 0 aliphatic rings. The van der Waals surface area contributed by atoms with Gasteiger partial charge < -0.3 is 10.2 Å². The van der Waals surface area contributed by atoms with Gasteiger partial charge in [-0.05, 0) is 37.5 Å². The highest BCUT2D eigenvalue weighted by atomic mass is 35.5. The van der Waals surface area contributed by atoms with Crippen molar-refractivity contribution in [3.05, 3.63) is 28.8 Å². The van der Waals surface area contributed by atoms with Gasteiger partial charge in [0, 0.05) is 23.8 Å². The Morgan fingerprint density at radius 3 is 2.52 bits per heavy atom. The molecule has 116 valence electrons. The first-order valence-electron chi connectivity index (χ1n) is 7.36.